The zero-order chi connectivity index (χ0) is 11.4. The SMILES string of the molecule is NCC1(NC(=O)C2CCCO2)CCOCC1. The van der Waals surface area contributed by atoms with Crippen LogP contribution in [0, 0.1) is 0 Å². The second-order valence-corrected chi connectivity index (χ2v) is 4.59. The summed E-state index contributed by atoms with van der Waals surface area (Å²) in [5.41, 5.74) is 5.50. The number of nitrogens with two attached hydrogens (primary N) is 1. The first-order chi connectivity index (χ1) is 7.76. The van der Waals surface area contributed by atoms with Crippen molar-refractivity contribution in [3.8, 4) is 0 Å². The van der Waals surface area contributed by atoms with Crippen molar-refractivity contribution in [2.75, 3.05) is 26.4 Å². The predicted octanol–water partition coefficient (Wildman–Crippen LogP) is -0.211. The van der Waals surface area contributed by atoms with Crippen LogP contribution in [0.2, 0.25) is 0 Å². The van der Waals surface area contributed by atoms with Crippen LogP contribution in [0.4, 0.5) is 0 Å². The summed E-state index contributed by atoms with van der Waals surface area (Å²) in [7, 11) is 0. The van der Waals surface area contributed by atoms with E-state index in [1.165, 1.54) is 0 Å². The molecule has 1 atom stereocenters. The van der Waals surface area contributed by atoms with E-state index in [1.54, 1.807) is 0 Å². The Balaban J connectivity index is 1.91. The molecule has 2 rings (SSSR count). The molecule has 2 fully saturated rings. The molecule has 0 saturated carbocycles. The Bertz CT molecular complexity index is 246. The van der Waals surface area contributed by atoms with Gasteiger partial charge in [0, 0.05) is 26.4 Å². The van der Waals surface area contributed by atoms with E-state index in [-0.39, 0.29) is 17.6 Å². The minimum Gasteiger partial charge on any atom is -0.381 e. The van der Waals surface area contributed by atoms with E-state index < -0.39 is 0 Å². The number of nitrogens with one attached hydrogen (secondary N) is 1. The lowest BCUT2D eigenvalue weighted by Gasteiger charge is -2.37. The Morgan fingerprint density at radius 1 is 1.38 bits per heavy atom. The summed E-state index contributed by atoms with van der Waals surface area (Å²) in [5.74, 6) is -0.00940. The second kappa shape index (κ2) is 5.12. The highest BCUT2D eigenvalue weighted by Gasteiger charge is 2.35. The summed E-state index contributed by atoms with van der Waals surface area (Å²) in [4.78, 5) is 11.9. The molecule has 0 aromatic heterocycles. The number of carbonyl (C=O) groups excluding carboxylic acids is 1. The first-order valence-corrected chi connectivity index (χ1v) is 5.97. The Hall–Kier alpha value is -0.650. The number of rotatable bonds is 3. The van der Waals surface area contributed by atoms with Crippen molar-refractivity contribution >= 4 is 5.91 Å². The third kappa shape index (κ3) is 2.53. The fourth-order valence-corrected chi connectivity index (χ4v) is 2.27. The second-order valence-electron chi connectivity index (χ2n) is 4.59. The Labute approximate surface area is 95.7 Å². The summed E-state index contributed by atoms with van der Waals surface area (Å²) in [6, 6.07) is 0. The molecule has 0 spiro atoms. The summed E-state index contributed by atoms with van der Waals surface area (Å²) < 4.78 is 10.7. The number of ether oxygens (including phenoxy) is 2. The zero-order valence-electron chi connectivity index (χ0n) is 9.54. The molecule has 2 aliphatic heterocycles. The van der Waals surface area contributed by atoms with Gasteiger partial charge < -0.3 is 20.5 Å². The molecule has 2 heterocycles. The molecule has 16 heavy (non-hydrogen) atoms. The highest BCUT2D eigenvalue weighted by atomic mass is 16.5. The third-order valence-corrected chi connectivity index (χ3v) is 3.45. The van der Waals surface area contributed by atoms with Gasteiger partial charge in [-0.15, -0.1) is 0 Å². The monoisotopic (exact) mass is 228 g/mol. The Kier molecular flexibility index (Phi) is 3.78. The Morgan fingerprint density at radius 2 is 2.12 bits per heavy atom. The topological polar surface area (TPSA) is 73.6 Å². The number of hydrogen-bond acceptors (Lipinski definition) is 4. The van der Waals surface area contributed by atoms with E-state index in [2.05, 4.69) is 5.32 Å². The van der Waals surface area contributed by atoms with Gasteiger partial charge in [0.15, 0.2) is 0 Å². The minimum absolute atomic E-state index is 0.00940. The Morgan fingerprint density at radius 3 is 2.69 bits per heavy atom. The van der Waals surface area contributed by atoms with Crippen LogP contribution < -0.4 is 11.1 Å². The maximum absolute atomic E-state index is 11.9. The van der Waals surface area contributed by atoms with Crippen molar-refractivity contribution in [3.05, 3.63) is 0 Å². The van der Waals surface area contributed by atoms with Crippen molar-refractivity contribution in [3.63, 3.8) is 0 Å². The van der Waals surface area contributed by atoms with Gasteiger partial charge in [-0.2, -0.15) is 0 Å². The van der Waals surface area contributed by atoms with E-state index in [0.717, 1.165) is 25.7 Å². The molecule has 0 bridgehead atoms. The third-order valence-electron chi connectivity index (χ3n) is 3.45. The molecule has 92 valence electrons. The molecule has 1 amide bonds. The van der Waals surface area contributed by atoms with Crippen molar-refractivity contribution in [2.45, 2.75) is 37.3 Å². The summed E-state index contributed by atoms with van der Waals surface area (Å²) >= 11 is 0. The quantitative estimate of drug-likeness (QED) is 0.701. The van der Waals surface area contributed by atoms with Crippen LogP contribution in [0.1, 0.15) is 25.7 Å². The first-order valence-electron chi connectivity index (χ1n) is 5.97. The minimum atomic E-state index is -0.277. The summed E-state index contributed by atoms with van der Waals surface area (Å²) in [5, 5.41) is 3.06. The fraction of sp³-hybridized carbons (Fsp3) is 0.909. The lowest BCUT2D eigenvalue weighted by molar-refractivity contribution is -0.133. The number of amides is 1. The average molecular weight is 228 g/mol. The lowest BCUT2D eigenvalue weighted by atomic mass is 9.90. The van der Waals surface area contributed by atoms with Gasteiger partial charge in [-0.3, -0.25) is 4.79 Å². The highest BCUT2D eigenvalue weighted by Crippen LogP contribution is 2.21. The smallest absolute Gasteiger partial charge is 0.249 e. The van der Waals surface area contributed by atoms with Gasteiger partial charge in [0.1, 0.15) is 6.10 Å². The predicted molar refractivity (Wildman–Crippen MR) is 59.0 cm³/mol. The van der Waals surface area contributed by atoms with Crippen molar-refractivity contribution < 1.29 is 14.3 Å². The number of hydrogen-bond donors (Lipinski definition) is 2. The summed E-state index contributed by atoms with van der Waals surface area (Å²) in [6.07, 6.45) is 3.11. The van der Waals surface area contributed by atoms with Crippen LogP contribution in [0.15, 0.2) is 0 Å². The van der Waals surface area contributed by atoms with Crippen molar-refractivity contribution in [1.29, 1.82) is 0 Å². The molecule has 5 heteroatoms. The molecule has 2 aliphatic rings. The van der Waals surface area contributed by atoms with Gasteiger partial charge in [0.05, 0.1) is 5.54 Å². The first kappa shape index (κ1) is 11.8. The van der Waals surface area contributed by atoms with Gasteiger partial charge in [-0.05, 0) is 25.7 Å². The molecule has 0 radical (unpaired) electrons. The molecule has 0 aliphatic carbocycles. The lowest BCUT2D eigenvalue weighted by Crippen LogP contribution is -2.58. The molecule has 3 N–H and O–H groups in total. The van der Waals surface area contributed by atoms with Crippen LogP contribution >= 0.6 is 0 Å². The van der Waals surface area contributed by atoms with Crippen LogP contribution in [-0.2, 0) is 14.3 Å². The maximum Gasteiger partial charge on any atom is 0.249 e. The van der Waals surface area contributed by atoms with E-state index in [9.17, 15) is 4.79 Å². The molecule has 2 saturated heterocycles. The van der Waals surface area contributed by atoms with Gasteiger partial charge in [-0.25, -0.2) is 0 Å². The fourth-order valence-electron chi connectivity index (χ4n) is 2.27. The molecule has 5 nitrogen and oxygen atoms in total. The van der Waals surface area contributed by atoms with E-state index >= 15 is 0 Å². The van der Waals surface area contributed by atoms with Gasteiger partial charge in [0.2, 0.25) is 5.91 Å². The zero-order valence-corrected chi connectivity index (χ0v) is 9.54. The standard InChI is InChI=1S/C11H20N2O3/c12-8-11(3-6-15-7-4-11)13-10(14)9-2-1-5-16-9/h9H,1-8,12H2,(H,13,14). The van der Waals surface area contributed by atoms with Crippen LogP contribution in [0.25, 0.3) is 0 Å². The molecule has 0 aromatic carbocycles. The normalized spacial score (nSPS) is 28.9. The molecular formula is C11H20N2O3. The van der Waals surface area contributed by atoms with Gasteiger partial charge >= 0.3 is 0 Å². The summed E-state index contributed by atoms with van der Waals surface area (Å²) in [6.45, 7) is 2.50. The van der Waals surface area contributed by atoms with E-state index in [0.29, 0.717) is 26.4 Å². The molecular weight excluding hydrogens is 208 g/mol. The van der Waals surface area contributed by atoms with Crippen molar-refractivity contribution in [1.82, 2.24) is 5.32 Å². The molecule has 0 aromatic rings. The van der Waals surface area contributed by atoms with E-state index in [4.69, 9.17) is 15.2 Å². The maximum atomic E-state index is 11.9. The molecule has 1 unspecified atom stereocenters. The van der Waals surface area contributed by atoms with Gasteiger partial charge in [0.25, 0.3) is 0 Å². The average Bonchev–Trinajstić information content (AvgIpc) is 2.84. The highest BCUT2D eigenvalue weighted by molar-refractivity contribution is 5.81. The van der Waals surface area contributed by atoms with E-state index in [1.807, 2.05) is 0 Å². The van der Waals surface area contributed by atoms with Crippen LogP contribution in [0.3, 0.4) is 0 Å². The van der Waals surface area contributed by atoms with Gasteiger partial charge in [-0.1, -0.05) is 0 Å². The van der Waals surface area contributed by atoms with Crippen molar-refractivity contribution in [2.24, 2.45) is 5.73 Å². The van der Waals surface area contributed by atoms with Crippen LogP contribution in [0.5, 0.6) is 0 Å². The number of carbonyl (C=O) groups is 1. The van der Waals surface area contributed by atoms with Crippen LogP contribution in [-0.4, -0.2) is 43.9 Å². The largest absolute Gasteiger partial charge is 0.381 e.